The summed E-state index contributed by atoms with van der Waals surface area (Å²) < 4.78 is 31.3. The summed E-state index contributed by atoms with van der Waals surface area (Å²) in [6, 6.07) is 5.22. The molecule has 5 rings (SSSR count). The second-order valence-corrected chi connectivity index (χ2v) is 11.9. The highest BCUT2D eigenvalue weighted by Gasteiger charge is 2.31. The van der Waals surface area contributed by atoms with Crippen LogP contribution in [0.1, 0.15) is 36.6 Å². The van der Waals surface area contributed by atoms with Crippen molar-refractivity contribution in [1.82, 2.24) is 19.4 Å². The summed E-state index contributed by atoms with van der Waals surface area (Å²) in [5, 5.41) is 9.02. The van der Waals surface area contributed by atoms with Crippen molar-refractivity contribution in [2.45, 2.75) is 26.7 Å². The fraction of sp³-hybridized carbons (Fsp3) is 0.258. The molecule has 1 aliphatic rings. The average Bonchev–Trinajstić information content (AvgIpc) is 3.02. The minimum Gasteiger partial charge on any atom is -0.397 e. The first-order chi connectivity index (χ1) is 21.3. The van der Waals surface area contributed by atoms with Crippen molar-refractivity contribution in [3.05, 3.63) is 84.9 Å². The molecule has 1 aromatic carbocycles. The largest absolute Gasteiger partial charge is 0.397 e. The quantitative estimate of drug-likeness (QED) is 0.113. The Morgan fingerprint density at radius 2 is 1.80 bits per heavy atom. The molecule has 14 heteroatoms. The number of nitrogen functional groups attached to an aromatic ring is 1. The monoisotopic (exact) mass is 671 g/mol. The van der Waals surface area contributed by atoms with Gasteiger partial charge in [-0.05, 0) is 36.6 Å². The van der Waals surface area contributed by atoms with Crippen molar-refractivity contribution in [1.29, 1.82) is 5.26 Å². The van der Waals surface area contributed by atoms with Crippen LogP contribution >= 0.6 is 34.8 Å². The Labute approximate surface area is 272 Å². The molecule has 0 unspecified atom stereocenters. The Balaban J connectivity index is 1.93. The molecule has 45 heavy (non-hydrogen) atoms. The van der Waals surface area contributed by atoms with Gasteiger partial charge >= 0.3 is 0 Å². The van der Waals surface area contributed by atoms with Gasteiger partial charge in [0.1, 0.15) is 27.3 Å². The number of amides is 1. The molecule has 1 aliphatic heterocycles. The second kappa shape index (κ2) is 12.3. The lowest BCUT2D eigenvalue weighted by atomic mass is 10.0. The first kappa shape index (κ1) is 32.2. The molecule has 0 atom stereocenters. The van der Waals surface area contributed by atoms with Gasteiger partial charge < -0.3 is 15.5 Å². The van der Waals surface area contributed by atoms with Crippen LogP contribution in [0.2, 0.25) is 15.1 Å². The summed E-state index contributed by atoms with van der Waals surface area (Å²) in [6.07, 6.45) is 2.83. The average molecular weight is 673 g/mol. The highest BCUT2D eigenvalue weighted by molar-refractivity contribution is 6.38. The number of aryl methyl sites for hydroxylation is 1. The number of hydrogen-bond donors (Lipinski definition) is 1. The van der Waals surface area contributed by atoms with Crippen LogP contribution in [0.15, 0.2) is 35.8 Å². The first-order valence-corrected chi connectivity index (χ1v) is 14.9. The van der Waals surface area contributed by atoms with Crippen LogP contribution in [-0.2, 0) is 4.79 Å². The van der Waals surface area contributed by atoms with Crippen molar-refractivity contribution in [3.8, 4) is 23.0 Å². The van der Waals surface area contributed by atoms with Crippen molar-refractivity contribution >= 4 is 63.1 Å². The highest BCUT2D eigenvalue weighted by atomic mass is 35.5. The third kappa shape index (κ3) is 5.27. The number of carbonyl (C=O) groups is 1. The zero-order valence-corrected chi connectivity index (χ0v) is 26.7. The van der Waals surface area contributed by atoms with E-state index in [0.717, 1.165) is 0 Å². The molecule has 4 heterocycles. The Morgan fingerprint density at radius 1 is 1.13 bits per heavy atom. The molecule has 0 spiro atoms. The van der Waals surface area contributed by atoms with Crippen molar-refractivity contribution in [2.24, 2.45) is 0 Å². The van der Waals surface area contributed by atoms with E-state index in [-0.39, 0.29) is 52.5 Å². The predicted octanol–water partition coefficient (Wildman–Crippen LogP) is 6.41. The van der Waals surface area contributed by atoms with Crippen LogP contribution in [0.4, 0.5) is 20.2 Å². The molecule has 1 fully saturated rings. The second-order valence-electron chi connectivity index (χ2n) is 10.7. The van der Waals surface area contributed by atoms with Gasteiger partial charge in [-0.25, -0.2) is 13.8 Å². The Bertz CT molecular complexity index is 1990. The molecular formula is C31H26Cl3F2N7O2. The Hall–Kier alpha value is -4.24. The first-order valence-electron chi connectivity index (χ1n) is 13.8. The molecule has 4 aromatic rings. The fourth-order valence-electron chi connectivity index (χ4n) is 5.52. The zero-order valence-electron chi connectivity index (χ0n) is 24.4. The van der Waals surface area contributed by atoms with Gasteiger partial charge in [0.2, 0.25) is 5.91 Å². The normalized spacial score (nSPS) is 13.4. The molecule has 0 bridgehead atoms. The van der Waals surface area contributed by atoms with E-state index in [2.05, 4.69) is 22.6 Å². The molecule has 1 amide bonds. The van der Waals surface area contributed by atoms with E-state index in [9.17, 15) is 19.2 Å². The molecule has 2 N–H and O–H groups in total. The third-order valence-corrected chi connectivity index (χ3v) is 8.73. The molecule has 0 saturated carbocycles. The summed E-state index contributed by atoms with van der Waals surface area (Å²) >= 11 is 18.7. The number of nitriles is 1. The number of fused-ring (bicyclic) bond motifs is 1. The minimum absolute atomic E-state index is 0.00590. The summed E-state index contributed by atoms with van der Waals surface area (Å²) in [5.41, 5.74) is 5.83. The van der Waals surface area contributed by atoms with Crippen LogP contribution in [0.25, 0.3) is 28.0 Å². The summed E-state index contributed by atoms with van der Waals surface area (Å²) in [7, 11) is 0. The SMILES string of the molecule is C=CC(=O)N1CCN(c2c(C#N)c(=O)n(-c3c(C)ccnc3C(C)C)c3nc(-c4c(N)c(Cl)c(F)c(Cl)c4F)c(Cl)cc23)CC1. The number of nitrogens with two attached hydrogens (primary N) is 1. The zero-order chi connectivity index (χ0) is 32.9. The van der Waals surface area contributed by atoms with Gasteiger partial charge in [0.15, 0.2) is 11.6 Å². The van der Waals surface area contributed by atoms with Gasteiger partial charge in [-0.15, -0.1) is 0 Å². The Kier molecular flexibility index (Phi) is 8.77. The standard InChI is InChI=1S/C31H26Cl3F2N7O2/c1-5-19(44)41-8-10-42(11-9-41)29-16-12-18(32)27(20-23(35)21(33)24(36)22(34)25(20)38)40-30(16)43(31(45)17(29)13-37)28-15(4)6-7-39-26(28)14(2)3/h5-7,12,14H,1,8-11,38H2,2-4H3. The van der Waals surface area contributed by atoms with Crippen LogP contribution < -0.4 is 16.2 Å². The number of aromatic nitrogens is 3. The van der Waals surface area contributed by atoms with E-state index in [1.807, 2.05) is 13.8 Å². The van der Waals surface area contributed by atoms with Crippen molar-refractivity contribution in [3.63, 3.8) is 0 Å². The Morgan fingerprint density at radius 3 is 2.40 bits per heavy atom. The number of anilines is 2. The number of halogens is 5. The highest BCUT2D eigenvalue weighted by Crippen LogP contribution is 2.44. The molecule has 0 aliphatic carbocycles. The van der Waals surface area contributed by atoms with Gasteiger partial charge in [-0.2, -0.15) is 5.26 Å². The summed E-state index contributed by atoms with van der Waals surface area (Å²) in [5.74, 6) is -2.88. The number of carbonyl (C=O) groups excluding carboxylic acids is 1. The number of benzene rings is 1. The lowest BCUT2D eigenvalue weighted by Gasteiger charge is -2.36. The topological polar surface area (TPSA) is 121 Å². The molecule has 9 nitrogen and oxygen atoms in total. The number of nitrogens with zero attached hydrogens (tertiary/aromatic N) is 6. The number of rotatable bonds is 5. The third-order valence-electron chi connectivity index (χ3n) is 7.74. The predicted molar refractivity (Wildman–Crippen MR) is 172 cm³/mol. The number of piperazine rings is 1. The maximum absolute atomic E-state index is 15.5. The van der Waals surface area contributed by atoms with E-state index in [1.54, 1.807) is 29.0 Å². The van der Waals surface area contributed by atoms with Gasteiger partial charge in [0.05, 0.1) is 39.0 Å². The maximum Gasteiger partial charge on any atom is 0.276 e. The van der Waals surface area contributed by atoms with Crippen molar-refractivity contribution < 1.29 is 13.6 Å². The van der Waals surface area contributed by atoms with Crippen molar-refractivity contribution in [2.75, 3.05) is 36.8 Å². The molecule has 3 aromatic heterocycles. The van der Waals surface area contributed by atoms with Gasteiger partial charge in [0, 0.05) is 37.8 Å². The van der Waals surface area contributed by atoms with E-state index < -0.39 is 38.5 Å². The lowest BCUT2D eigenvalue weighted by Crippen LogP contribution is -2.49. The fourth-order valence-corrected chi connectivity index (χ4v) is 6.20. The molecular weight excluding hydrogens is 647 g/mol. The molecule has 0 radical (unpaired) electrons. The molecule has 232 valence electrons. The molecule has 1 saturated heterocycles. The smallest absolute Gasteiger partial charge is 0.276 e. The van der Waals surface area contributed by atoms with Crippen LogP contribution in [0.5, 0.6) is 0 Å². The van der Waals surface area contributed by atoms with E-state index >= 15 is 4.39 Å². The minimum atomic E-state index is -1.24. The van der Waals surface area contributed by atoms with Crippen LogP contribution in [0.3, 0.4) is 0 Å². The van der Waals surface area contributed by atoms with E-state index in [0.29, 0.717) is 35.4 Å². The number of pyridine rings is 3. The van der Waals surface area contributed by atoms with Gasteiger partial charge in [-0.1, -0.05) is 55.2 Å². The van der Waals surface area contributed by atoms with Gasteiger partial charge in [-0.3, -0.25) is 19.1 Å². The summed E-state index contributed by atoms with van der Waals surface area (Å²) in [6.45, 7) is 10.3. The number of hydrogen-bond acceptors (Lipinski definition) is 7. The van der Waals surface area contributed by atoms with Crippen LogP contribution in [-0.4, -0.2) is 51.5 Å². The van der Waals surface area contributed by atoms with Crippen LogP contribution in [0, 0.1) is 29.9 Å². The lowest BCUT2D eigenvalue weighted by molar-refractivity contribution is -0.126. The van der Waals surface area contributed by atoms with E-state index in [4.69, 9.17) is 40.5 Å². The maximum atomic E-state index is 15.5. The summed E-state index contributed by atoms with van der Waals surface area (Å²) in [4.78, 5) is 39.2. The van der Waals surface area contributed by atoms with Gasteiger partial charge in [0.25, 0.3) is 5.56 Å². The van der Waals surface area contributed by atoms with E-state index in [1.165, 1.54) is 16.7 Å².